The lowest BCUT2D eigenvalue weighted by atomic mass is 10.1. The smallest absolute Gasteiger partial charge is 0.323 e. The largest absolute Gasteiger partial charge is 0.507 e. The van der Waals surface area contributed by atoms with E-state index in [1.165, 1.54) is 48.5 Å². The Morgan fingerprint density at radius 1 is 0.433 bits per heavy atom. The van der Waals surface area contributed by atoms with Crippen molar-refractivity contribution in [1.29, 1.82) is 0 Å². The summed E-state index contributed by atoms with van der Waals surface area (Å²) in [6, 6.07) is 16.0. The zero-order valence-corrected chi connectivity index (χ0v) is 32.9. The Balaban J connectivity index is 1.21. The highest BCUT2D eigenvalue weighted by atomic mass is 32.3. The Labute approximate surface area is 339 Å². The number of anilines is 4. The minimum absolute atomic E-state index is 0.0298. The summed E-state index contributed by atoms with van der Waals surface area (Å²) in [5.41, 5.74) is -0.939. The Morgan fingerprint density at radius 2 is 0.783 bits per heavy atom. The van der Waals surface area contributed by atoms with Crippen LogP contribution >= 0.6 is 10.9 Å². The molecule has 0 saturated heterocycles. The Hall–Kier alpha value is -6.39. The molecule has 21 nitrogen and oxygen atoms in total. The lowest BCUT2D eigenvalue weighted by Crippen LogP contribution is -2.20. The van der Waals surface area contributed by atoms with Crippen LogP contribution in [0.15, 0.2) is 117 Å². The van der Waals surface area contributed by atoms with Gasteiger partial charge in [0.05, 0.1) is 31.0 Å². The number of hydrogen-bond donors (Lipinski definition) is 12. The molecule has 12 N–H and O–H groups in total. The first kappa shape index (κ1) is 43.2. The molecule has 6 aromatic rings. The van der Waals surface area contributed by atoms with Crippen molar-refractivity contribution >= 4 is 103 Å². The predicted octanol–water partition coefficient (Wildman–Crippen LogP) is 5.88. The van der Waals surface area contributed by atoms with Crippen LogP contribution in [-0.4, -0.2) is 80.6 Å². The molecule has 0 heterocycles. The molecule has 0 fully saturated rings. The number of benzene rings is 6. The van der Waals surface area contributed by atoms with Crippen molar-refractivity contribution in [2.75, 3.05) is 21.3 Å². The first-order valence-electron chi connectivity index (χ1n) is 16.2. The number of phenolic OH excluding ortho intramolecular Hbond substituents is 2. The Kier molecular flexibility index (Phi) is 11.3. The van der Waals surface area contributed by atoms with Gasteiger partial charge in [-0.1, -0.05) is 12.1 Å². The third-order valence-corrected chi connectivity index (χ3v) is 11.8. The van der Waals surface area contributed by atoms with E-state index in [9.17, 15) is 77.2 Å². The molecule has 25 heteroatoms. The minimum Gasteiger partial charge on any atom is -0.507 e. The predicted molar refractivity (Wildman–Crippen MR) is 216 cm³/mol. The molecular weight excluding hydrogens is 877 g/mol. The monoisotopic (exact) mass is 904 g/mol. The van der Waals surface area contributed by atoms with E-state index < -0.39 is 95.8 Å². The number of urea groups is 1. The maximum absolute atomic E-state index is 13.4. The molecule has 0 aromatic heterocycles. The van der Waals surface area contributed by atoms with Crippen LogP contribution in [0.3, 0.4) is 0 Å². The van der Waals surface area contributed by atoms with Gasteiger partial charge in [0.15, 0.2) is 0 Å². The zero-order chi connectivity index (χ0) is 44.1. The van der Waals surface area contributed by atoms with Crippen LogP contribution in [-0.2, 0) is 30.4 Å². The van der Waals surface area contributed by atoms with Gasteiger partial charge in [0.25, 0.3) is 42.2 Å². The van der Waals surface area contributed by atoms with Gasteiger partial charge in [0, 0.05) is 39.3 Å². The Morgan fingerprint density at radius 3 is 1.15 bits per heavy atom. The second kappa shape index (κ2) is 15.7. The van der Waals surface area contributed by atoms with Gasteiger partial charge >= 0.3 is 6.03 Å². The molecule has 0 spiro atoms. The van der Waals surface area contributed by atoms with Gasteiger partial charge in [-0.15, -0.1) is 0 Å². The molecular formula is C35H28N4O17S4. The highest BCUT2D eigenvalue weighted by molar-refractivity contribution is 8.19. The molecule has 0 unspecified atom stereocenters. The SMILES string of the molecule is O=C(Nc1cccc(C(=O)Nc2cc(S(=O)(=O)O)cc3cc(S(O)(O)O)cc(O)c23)c1)Nc1cccc(C(=O)Nc2cc(S(=O)(=O)O)cc3cc(S(=O)(=O)O)cc(O)c23)c1. The molecule has 0 aliphatic heterocycles. The zero-order valence-electron chi connectivity index (χ0n) is 29.6. The average Bonchev–Trinajstić information content (AvgIpc) is 3.12. The highest BCUT2D eigenvalue weighted by Gasteiger charge is 2.24. The van der Waals surface area contributed by atoms with E-state index >= 15 is 0 Å². The molecule has 6 rings (SSSR count). The summed E-state index contributed by atoms with van der Waals surface area (Å²) in [5, 5.41) is 29.9. The number of carbonyl (C=O) groups excluding carboxylic acids is 3. The molecule has 0 radical (unpaired) electrons. The van der Waals surface area contributed by atoms with E-state index in [1.807, 2.05) is 0 Å². The number of nitrogens with one attached hydrogen (secondary N) is 4. The number of fused-ring (bicyclic) bond motifs is 2. The minimum atomic E-state index is -4.95. The number of carbonyl (C=O) groups is 3. The molecule has 0 aliphatic carbocycles. The van der Waals surface area contributed by atoms with Gasteiger partial charge in [-0.2, -0.15) is 25.3 Å². The maximum Gasteiger partial charge on any atom is 0.323 e. The fraction of sp³-hybridized carbons (Fsp3) is 0. The van der Waals surface area contributed by atoms with Crippen molar-refractivity contribution in [3.8, 4) is 11.5 Å². The molecule has 0 aliphatic rings. The second-order valence-corrected chi connectivity index (χ2v) is 18.4. The van der Waals surface area contributed by atoms with Gasteiger partial charge in [-0.05, 0) is 89.6 Å². The number of hydrogen-bond acceptors (Lipinski definition) is 14. The maximum atomic E-state index is 13.4. The topological polar surface area (TPSA) is 364 Å². The van der Waals surface area contributed by atoms with E-state index in [0.717, 1.165) is 42.5 Å². The van der Waals surface area contributed by atoms with Crippen molar-refractivity contribution < 1.29 is 77.2 Å². The average molecular weight is 905 g/mol. The first-order chi connectivity index (χ1) is 27.8. The van der Waals surface area contributed by atoms with Crippen molar-refractivity contribution in [1.82, 2.24) is 0 Å². The third kappa shape index (κ3) is 9.56. The molecule has 0 atom stereocenters. The molecule has 6 aromatic carbocycles. The van der Waals surface area contributed by atoms with Crippen LogP contribution < -0.4 is 21.3 Å². The van der Waals surface area contributed by atoms with Crippen LogP contribution in [0.5, 0.6) is 11.5 Å². The lowest BCUT2D eigenvalue weighted by molar-refractivity contribution is 0.101. The summed E-state index contributed by atoms with van der Waals surface area (Å²) in [7, 11) is -19.1. The fourth-order valence-corrected chi connectivity index (χ4v) is 8.01. The van der Waals surface area contributed by atoms with Crippen LogP contribution in [0.25, 0.3) is 21.5 Å². The molecule has 60 heavy (non-hydrogen) atoms. The number of rotatable bonds is 10. The molecule has 0 bridgehead atoms. The summed E-state index contributed by atoms with van der Waals surface area (Å²) in [6.07, 6.45) is 0. The molecule has 0 saturated carbocycles. The summed E-state index contributed by atoms with van der Waals surface area (Å²) in [4.78, 5) is 36.7. The van der Waals surface area contributed by atoms with E-state index in [1.54, 1.807) is 0 Å². The van der Waals surface area contributed by atoms with Gasteiger partial charge in [-0.25, -0.2) is 4.79 Å². The van der Waals surface area contributed by atoms with Gasteiger partial charge in [0.1, 0.15) is 22.4 Å². The van der Waals surface area contributed by atoms with Crippen molar-refractivity contribution in [2.24, 2.45) is 0 Å². The lowest BCUT2D eigenvalue weighted by Gasteiger charge is -2.21. The van der Waals surface area contributed by atoms with Crippen LogP contribution in [0.4, 0.5) is 27.5 Å². The van der Waals surface area contributed by atoms with Crippen molar-refractivity contribution in [3.05, 3.63) is 108 Å². The summed E-state index contributed by atoms with van der Waals surface area (Å²) >= 11 is 0. The van der Waals surface area contributed by atoms with Gasteiger partial charge < -0.3 is 45.1 Å². The number of aromatic hydroxyl groups is 2. The highest BCUT2D eigenvalue weighted by Crippen LogP contribution is 2.48. The van der Waals surface area contributed by atoms with Crippen molar-refractivity contribution in [3.63, 3.8) is 0 Å². The third-order valence-electron chi connectivity index (χ3n) is 8.42. The molecule has 314 valence electrons. The summed E-state index contributed by atoms with van der Waals surface area (Å²) in [5.74, 6) is -3.34. The quantitative estimate of drug-likeness (QED) is 0.0714. The van der Waals surface area contributed by atoms with E-state index in [2.05, 4.69) is 21.3 Å². The second-order valence-electron chi connectivity index (χ2n) is 12.6. The molecule has 4 amide bonds. The van der Waals surface area contributed by atoms with E-state index in [-0.39, 0.29) is 49.7 Å². The summed E-state index contributed by atoms with van der Waals surface area (Å²) < 4.78 is 129. The standard InChI is InChI=1S/C35H28N4O17S4/c40-29-15-25(59(51,52)53)11-19-9-23(57(45,46)47)13-27(31(19)29)38-33(42)17-3-1-5-21(7-17)36-35(44)37-22-6-2-4-18(8-22)34(43)39-28-14-24(58(48,49)50)10-20-12-26(60(54,55)56)16-30(41)32(20)28/h1-16,40-41,51-53H,(H,38,42)(H,39,43)(H2,36,37,44)(H,45,46,47)(H,48,49,50)(H,54,55,56). The van der Waals surface area contributed by atoms with Crippen LogP contribution in [0.1, 0.15) is 20.7 Å². The van der Waals surface area contributed by atoms with E-state index in [4.69, 9.17) is 0 Å². The number of phenols is 2. The van der Waals surface area contributed by atoms with Crippen molar-refractivity contribution in [2.45, 2.75) is 19.6 Å². The fourth-order valence-electron chi connectivity index (χ4n) is 5.84. The van der Waals surface area contributed by atoms with Crippen LogP contribution in [0, 0.1) is 0 Å². The van der Waals surface area contributed by atoms with Gasteiger partial charge in [0.2, 0.25) is 0 Å². The Bertz CT molecular complexity index is 3150. The van der Waals surface area contributed by atoms with Gasteiger partial charge in [-0.3, -0.25) is 23.2 Å². The summed E-state index contributed by atoms with van der Waals surface area (Å²) in [6.45, 7) is 0. The number of amides is 4. The van der Waals surface area contributed by atoms with Crippen LogP contribution in [0.2, 0.25) is 0 Å². The first-order valence-corrected chi connectivity index (χ1v) is 22.1. The normalized spacial score (nSPS) is 12.5. The van der Waals surface area contributed by atoms with E-state index in [0.29, 0.717) is 6.07 Å².